The van der Waals surface area contributed by atoms with Crippen molar-refractivity contribution in [1.82, 2.24) is 4.90 Å². The molecule has 20 heavy (non-hydrogen) atoms. The first kappa shape index (κ1) is 16.7. The average Bonchev–Trinajstić information content (AvgIpc) is 2.74. The zero-order valence-corrected chi connectivity index (χ0v) is 14.0. The molecule has 0 aromatic carbocycles. The number of hydrogen-bond donors (Lipinski definition) is 1. The summed E-state index contributed by atoms with van der Waals surface area (Å²) in [5.74, 6) is 5.91. The second-order valence-electron chi connectivity index (χ2n) is 6.09. The lowest BCUT2D eigenvalue weighted by Crippen LogP contribution is -2.42. The molecule has 0 spiro atoms. The van der Waals surface area contributed by atoms with E-state index in [1.54, 1.807) is 0 Å². The van der Waals surface area contributed by atoms with Crippen molar-refractivity contribution in [3.63, 3.8) is 0 Å². The van der Waals surface area contributed by atoms with E-state index in [-0.39, 0.29) is 17.4 Å². The van der Waals surface area contributed by atoms with E-state index in [9.17, 15) is 4.79 Å². The van der Waals surface area contributed by atoms with Gasteiger partial charge in [0.05, 0.1) is 16.3 Å². The van der Waals surface area contributed by atoms with Crippen molar-refractivity contribution in [3.05, 3.63) is 21.4 Å². The molecule has 0 aliphatic rings. The van der Waals surface area contributed by atoms with Crippen LogP contribution in [0.4, 0.5) is 0 Å². The molecule has 0 saturated heterocycles. The van der Waals surface area contributed by atoms with Crippen molar-refractivity contribution in [2.45, 2.75) is 40.7 Å². The van der Waals surface area contributed by atoms with Crippen molar-refractivity contribution < 1.29 is 4.79 Å². The number of amides is 1. The molecule has 1 amide bonds. The Balaban J connectivity index is 2.99. The lowest BCUT2D eigenvalue weighted by atomic mass is 9.87. The minimum atomic E-state index is 0.0545. The number of nitrogens with zero attached hydrogens (tertiary/aromatic N) is 1. The summed E-state index contributed by atoms with van der Waals surface area (Å²) in [6, 6.07) is 2.08. The summed E-state index contributed by atoms with van der Waals surface area (Å²) < 4.78 is 0. The normalized spacial score (nSPS) is 12.6. The quantitative estimate of drug-likeness (QED) is 0.852. The molecule has 1 aromatic rings. The van der Waals surface area contributed by atoms with E-state index in [0.717, 1.165) is 15.3 Å². The van der Waals surface area contributed by atoms with Crippen molar-refractivity contribution in [3.8, 4) is 11.8 Å². The maximum Gasteiger partial charge on any atom is 0.263 e. The fraction of sp³-hybridized carbons (Fsp3) is 0.562. The third-order valence-corrected chi connectivity index (χ3v) is 4.73. The van der Waals surface area contributed by atoms with E-state index >= 15 is 0 Å². The summed E-state index contributed by atoms with van der Waals surface area (Å²) in [4.78, 5) is 16.0. The van der Waals surface area contributed by atoms with Crippen LogP contribution >= 0.6 is 11.3 Å². The minimum absolute atomic E-state index is 0.0545. The van der Waals surface area contributed by atoms with Gasteiger partial charge in [-0.05, 0) is 30.9 Å². The Labute approximate surface area is 126 Å². The first-order valence-electron chi connectivity index (χ1n) is 6.75. The monoisotopic (exact) mass is 292 g/mol. The fourth-order valence-electron chi connectivity index (χ4n) is 1.77. The van der Waals surface area contributed by atoms with E-state index in [2.05, 4.69) is 39.5 Å². The Morgan fingerprint density at radius 1 is 1.50 bits per heavy atom. The first-order chi connectivity index (χ1) is 9.18. The lowest BCUT2D eigenvalue weighted by molar-refractivity contribution is 0.0634. The number of nitrogens with two attached hydrogens (primary N) is 1. The van der Waals surface area contributed by atoms with Crippen molar-refractivity contribution in [2.24, 2.45) is 11.1 Å². The number of thiophene rings is 1. The van der Waals surface area contributed by atoms with Gasteiger partial charge in [0.25, 0.3) is 5.91 Å². The summed E-state index contributed by atoms with van der Waals surface area (Å²) in [5, 5.41) is 0. The first-order valence-corrected chi connectivity index (χ1v) is 7.56. The lowest BCUT2D eigenvalue weighted by Gasteiger charge is -2.35. The summed E-state index contributed by atoms with van der Waals surface area (Å²) in [6.45, 7) is 10.8. The van der Waals surface area contributed by atoms with E-state index in [4.69, 9.17) is 5.73 Å². The smallest absolute Gasteiger partial charge is 0.263 e. The van der Waals surface area contributed by atoms with Gasteiger partial charge in [-0.2, -0.15) is 0 Å². The van der Waals surface area contributed by atoms with Gasteiger partial charge in [-0.25, -0.2) is 0 Å². The van der Waals surface area contributed by atoms with Crippen LogP contribution in [-0.4, -0.2) is 30.4 Å². The predicted octanol–water partition coefficient (Wildman–Crippen LogP) is 2.87. The highest BCUT2D eigenvalue weighted by Crippen LogP contribution is 2.27. The molecule has 0 aliphatic carbocycles. The summed E-state index contributed by atoms with van der Waals surface area (Å²) in [6.07, 6.45) is 0. The van der Waals surface area contributed by atoms with Crippen molar-refractivity contribution in [1.29, 1.82) is 0 Å². The molecule has 1 rings (SSSR count). The second kappa shape index (κ2) is 6.43. The zero-order chi connectivity index (χ0) is 15.5. The molecule has 0 bridgehead atoms. The third kappa shape index (κ3) is 3.84. The predicted molar refractivity (Wildman–Crippen MR) is 86.0 cm³/mol. The molecule has 2 N–H and O–H groups in total. The second-order valence-corrected chi connectivity index (χ2v) is 7.14. The van der Waals surface area contributed by atoms with Crippen LogP contribution in [-0.2, 0) is 0 Å². The standard InChI is InChI=1S/C16H24N2OS/c1-11-10-14(20-13(11)8-7-9-17)15(19)18(6)12(2)16(3,4)5/h10,12H,9,17H2,1-6H3. The third-order valence-electron chi connectivity index (χ3n) is 3.59. The van der Waals surface area contributed by atoms with Gasteiger partial charge in [0, 0.05) is 13.1 Å². The van der Waals surface area contributed by atoms with E-state index in [0.29, 0.717) is 6.54 Å². The molecular weight excluding hydrogens is 268 g/mol. The highest BCUT2D eigenvalue weighted by molar-refractivity contribution is 7.14. The largest absolute Gasteiger partial charge is 0.338 e. The van der Waals surface area contributed by atoms with Crippen LogP contribution in [0, 0.1) is 24.2 Å². The molecule has 4 heteroatoms. The van der Waals surface area contributed by atoms with Crippen LogP contribution in [0.3, 0.4) is 0 Å². The van der Waals surface area contributed by atoms with Crippen LogP contribution in [0.1, 0.15) is 47.8 Å². The van der Waals surface area contributed by atoms with E-state index in [1.165, 1.54) is 11.3 Å². The number of carbonyl (C=O) groups excluding carboxylic acids is 1. The number of aryl methyl sites for hydroxylation is 1. The Morgan fingerprint density at radius 3 is 2.60 bits per heavy atom. The maximum absolute atomic E-state index is 12.5. The Bertz CT molecular complexity index is 543. The van der Waals surface area contributed by atoms with Gasteiger partial charge >= 0.3 is 0 Å². The Morgan fingerprint density at radius 2 is 2.10 bits per heavy atom. The van der Waals surface area contributed by atoms with E-state index in [1.807, 2.05) is 24.9 Å². The molecule has 0 radical (unpaired) electrons. The Hall–Kier alpha value is -1.31. The Kier molecular flexibility index (Phi) is 5.38. The summed E-state index contributed by atoms with van der Waals surface area (Å²) in [5.41, 5.74) is 6.48. The van der Waals surface area contributed by atoms with Crippen LogP contribution in [0.2, 0.25) is 0 Å². The molecule has 1 unspecified atom stereocenters. The highest BCUT2D eigenvalue weighted by Gasteiger charge is 2.28. The number of rotatable bonds is 2. The minimum Gasteiger partial charge on any atom is -0.338 e. The molecule has 3 nitrogen and oxygen atoms in total. The SMILES string of the molecule is Cc1cc(C(=O)N(C)C(C)C(C)(C)C)sc1C#CCN. The van der Waals surface area contributed by atoms with Crippen molar-refractivity contribution in [2.75, 3.05) is 13.6 Å². The van der Waals surface area contributed by atoms with E-state index < -0.39 is 0 Å². The van der Waals surface area contributed by atoms with Crippen molar-refractivity contribution >= 4 is 17.2 Å². The molecule has 1 heterocycles. The number of hydrogen-bond acceptors (Lipinski definition) is 3. The molecule has 1 atom stereocenters. The highest BCUT2D eigenvalue weighted by atomic mass is 32.1. The molecule has 0 fully saturated rings. The van der Waals surface area contributed by atoms with Gasteiger partial charge in [-0.1, -0.05) is 32.6 Å². The van der Waals surface area contributed by atoms with Gasteiger partial charge in [0.2, 0.25) is 0 Å². The van der Waals surface area contributed by atoms with Gasteiger partial charge in [0.15, 0.2) is 0 Å². The topological polar surface area (TPSA) is 46.3 Å². The molecular formula is C16H24N2OS. The maximum atomic E-state index is 12.5. The summed E-state index contributed by atoms with van der Waals surface area (Å²) in [7, 11) is 1.86. The summed E-state index contributed by atoms with van der Waals surface area (Å²) >= 11 is 1.44. The van der Waals surface area contributed by atoms with Gasteiger partial charge in [-0.15, -0.1) is 11.3 Å². The fourth-order valence-corrected chi connectivity index (χ4v) is 2.80. The molecule has 110 valence electrons. The van der Waals surface area contributed by atoms with Crippen LogP contribution < -0.4 is 5.73 Å². The molecule has 0 saturated carbocycles. The van der Waals surface area contributed by atoms with Crippen LogP contribution in [0.5, 0.6) is 0 Å². The number of carbonyl (C=O) groups is 1. The van der Waals surface area contributed by atoms with Crippen LogP contribution in [0.25, 0.3) is 0 Å². The van der Waals surface area contributed by atoms with Gasteiger partial charge in [0.1, 0.15) is 0 Å². The average molecular weight is 292 g/mol. The molecule has 0 aliphatic heterocycles. The zero-order valence-electron chi connectivity index (χ0n) is 13.2. The molecule has 1 aromatic heterocycles. The van der Waals surface area contributed by atoms with Gasteiger partial charge < -0.3 is 10.6 Å². The van der Waals surface area contributed by atoms with Crippen LogP contribution in [0.15, 0.2) is 6.07 Å². The van der Waals surface area contributed by atoms with Gasteiger partial charge in [-0.3, -0.25) is 4.79 Å².